The summed E-state index contributed by atoms with van der Waals surface area (Å²) < 4.78 is 5.44. The van der Waals surface area contributed by atoms with Gasteiger partial charge in [-0.2, -0.15) is 0 Å². The average molecular weight is 387 g/mol. The van der Waals surface area contributed by atoms with E-state index in [0.717, 1.165) is 61.3 Å². The van der Waals surface area contributed by atoms with Crippen LogP contribution >= 0.6 is 11.6 Å². The Labute approximate surface area is 168 Å². The van der Waals surface area contributed by atoms with Crippen LogP contribution in [0.1, 0.15) is 81.3 Å². The third-order valence-corrected chi connectivity index (χ3v) is 6.05. The molecule has 1 aromatic heterocycles. The van der Waals surface area contributed by atoms with Gasteiger partial charge in [-0.15, -0.1) is 0 Å². The molecule has 1 N–H and O–H groups in total. The molecule has 1 aliphatic carbocycles. The molecule has 146 valence electrons. The molecule has 0 amide bonds. The zero-order valence-corrected chi connectivity index (χ0v) is 17.0. The lowest BCUT2D eigenvalue weighted by Gasteiger charge is -2.17. The number of aryl methyl sites for hydroxylation is 1. The molecule has 1 aromatic carbocycles. The number of aliphatic hydroxyl groups is 1. The summed E-state index contributed by atoms with van der Waals surface area (Å²) in [7, 11) is 0. The summed E-state index contributed by atoms with van der Waals surface area (Å²) in [6.07, 6.45) is 11.0. The minimum Gasteiger partial charge on any atom is -0.469 e. The Morgan fingerprint density at radius 3 is 2.67 bits per heavy atom. The summed E-state index contributed by atoms with van der Waals surface area (Å²) in [4.78, 5) is 0. The molecule has 1 heterocycles. The monoisotopic (exact) mass is 386 g/mol. The molecule has 0 saturated carbocycles. The van der Waals surface area contributed by atoms with Gasteiger partial charge in [0, 0.05) is 11.5 Å². The van der Waals surface area contributed by atoms with Gasteiger partial charge in [-0.25, -0.2) is 0 Å². The summed E-state index contributed by atoms with van der Waals surface area (Å²) in [6.45, 7) is 2.19. The van der Waals surface area contributed by atoms with Crippen LogP contribution in [0.25, 0.3) is 5.57 Å². The van der Waals surface area contributed by atoms with Gasteiger partial charge < -0.3 is 9.52 Å². The van der Waals surface area contributed by atoms with Crippen molar-refractivity contribution in [2.75, 3.05) is 0 Å². The number of unbranched alkanes of at least 4 members (excludes halogenated alkanes) is 2. The van der Waals surface area contributed by atoms with Crippen LogP contribution < -0.4 is 0 Å². The van der Waals surface area contributed by atoms with Crippen LogP contribution in [0.3, 0.4) is 0 Å². The lowest BCUT2D eigenvalue weighted by Crippen LogP contribution is -2.02. The number of furan rings is 1. The molecule has 0 saturated heterocycles. The van der Waals surface area contributed by atoms with E-state index in [9.17, 15) is 5.11 Å². The fourth-order valence-corrected chi connectivity index (χ4v) is 4.47. The summed E-state index contributed by atoms with van der Waals surface area (Å²) >= 11 is 6.58. The van der Waals surface area contributed by atoms with E-state index < -0.39 is 0 Å². The maximum absolute atomic E-state index is 10.4. The average Bonchev–Trinajstić information content (AvgIpc) is 3.32. The summed E-state index contributed by atoms with van der Waals surface area (Å²) in [5.74, 6) is 1.58. The van der Waals surface area contributed by atoms with Crippen molar-refractivity contribution >= 4 is 17.2 Å². The van der Waals surface area contributed by atoms with Gasteiger partial charge >= 0.3 is 0 Å². The highest BCUT2D eigenvalue weighted by Crippen LogP contribution is 2.43. The van der Waals surface area contributed by atoms with Crippen LogP contribution in [0.5, 0.6) is 0 Å². The van der Waals surface area contributed by atoms with Crippen molar-refractivity contribution in [3.63, 3.8) is 0 Å². The number of rotatable bonds is 10. The van der Waals surface area contributed by atoms with Crippen LogP contribution in [-0.2, 0) is 6.42 Å². The first-order valence-electron chi connectivity index (χ1n) is 10.4. The molecule has 3 rings (SSSR count). The van der Waals surface area contributed by atoms with Crippen LogP contribution in [0.15, 0.2) is 52.1 Å². The SMILES string of the molecule is CCCCCC(O)c1ccc(C2=C(Cl)CC[C@@H]2CCCc2ccco2)cc1. The van der Waals surface area contributed by atoms with Gasteiger partial charge in [0.25, 0.3) is 0 Å². The molecule has 0 bridgehead atoms. The topological polar surface area (TPSA) is 33.4 Å². The van der Waals surface area contributed by atoms with E-state index in [1.54, 1.807) is 6.26 Å². The summed E-state index contributed by atoms with van der Waals surface area (Å²) in [5, 5.41) is 11.4. The molecule has 1 unspecified atom stereocenters. The van der Waals surface area contributed by atoms with E-state index in [1.165, 1.54) is 24.0 Å². The lowest BCUT2D eigenvalue weighted by atomic mass is 9.89. The van der Waals surface area contributed by atoms with Gasteiger partial charge in [0.15, 0.2) is 0 Å². The third kappa shape index (κ3) is 5.49. The van der Waals surface area contributed by atoms with Gasteiger partial charge in [-0.1, -0.05) is 62.1 Å². The maximum atomic E-state index is 10.4. The van der Waals surface area contributed by atoms with Gasteiger partial charge in [-0.3, -0.25) is 0 Å². The van der Waals surface area contributed by atoms with Gasteiger partial charge in [-0.05, 0) is 66.9 Å². The Morgan fingerprint density at radius 1 is 1.15 bits per heavy atom. The first-order valence-corrected chi connectivity index (χ1v) is 10.8. The molecule has 0 fully saturated rings. The minimum absolute atomic E-state index is 0.359. The van der Waals surface area contributed by atoms with Crippen molar-refractivity contribution in [2.24, 2.45) is 5.92 Å². The minimum atomic E-state index is -0.359. The highest BCUT2D eigenvalue weighted by molar-refractivity contribution is 6.33. The number of halogens is 1. The summed E-state index contributed by atoms with van der Waals surface area (Å²) in [6, 6.07) is 12.4. The van der Waals surface area contributed by atoms with E-state index in [4.69, 9.17) is 16.0 Å². The molecular weight excluding hydrogens is 356 g/mol. The molecule has 0 radical (unpaired) electrons. The second kappa shape index (κ2) is 10.1. The normalized spacial score (nSPS) is 18.3. The quantitative estimate of drug-likeness (QED) is 0.435. The Balaban J connectivity index is 1.60. The van der Waals surface area contributed by atoms with Crippen LogP contribution in [0.4, 0.5) is 0 Å². The molecular formula is C24H31ClO2. The smallest absolute Gasteiger partial charge is 0.103 e. The Bertz CT molecular complexity index is 715. The van der Waals surface area contributed by atoms with E-state index in [2.05, 4.69) is 31.2 Å². The second-order valence-electron chi connectivity index (χ2n) is 7.66. The third-order valence-electron chi connectivity index (χ3n) is 5.66. The van der Waals surface area contributed by atoms with E-state index >= 15 is 0 Å². The predicted molar refractivity (Wildman–Crippen MR) is 113 cm³/mol. The van der Waals surface area contributed by atoms with Gasteiger partial charge in [0.2, 0.25) is 0 Å². The van der Waals surface area contributed by atoms with E-state index in [0.29, 0.717) is 5.92 Å². The van der Waals surface area contributed by atoms with Crippen molar-refractivity contribution < 1.29 is 9.52 Å². The van der Waals surface area contributed by atoms with Crippen LogP contribution in [0, 0.1) is 5.92 Å². The van der Waals surface area contributed by atoms with Crippen molar-refractivity contribution in [1.82, 2.24) is 0 Å². The van der Waals surface area contributed by atoms with Crippen molar-refractivity contribution in [3.8, 4) is 0 Å². The number of allylic oxidation sites excluding steroid dienone is 2. The number of hydrogen-bond acceptors (Lipinski definition) is 2. The predicted octanol–water partition coefficient (Wildman–Crippen LogP) is 7.28. The maximum Gasteiger partial charge on any atom is 0.103 e. The second-order valence-corrected chi connectivity index (χ2v) is 8.12. The van der Waals surface area contributed by atoms with Crippen molar-refractivity contribution in [3.05, 3.63) is 64.6 Å². The highest BCUT2D eigenvalue weighted by Gasteiger charge is 2.25. The van der Waals surface area contributed by atoms with E-state index in [1.807, 2.05) is 12.1 Å². The van der Waals surface area contributed by atoms with Crippen molar-refractivity contribution in [1.29, 1.82) is 0 Å². The molecule has 27 heavy (non-hydrogen) atoms. The van der Waals surface area contributed by atoms with Crippen molar-refractivity contribution in [2.45, 2.75) is 70.8 Å². The Kier molecular flexibility index (Phi) is 7.60. The molecule has 2 aromatic rings. The molecule has 0 spiro atoms. The molecule has 0 aliphatic heterocycles. The molecule has 1 aliphatic rings. The van der Waals surface area contributed by atoms with Crippen LogP contribution in [-0.4, -0.2) is 5.11 Å². The van der Waals surface area contributed by atoms with E-state index in [-0.39, 0.29) is 6.10 Å². The number of aliphatic hydroxyl groups excluding tert-OH is 1. The standard InChI is InChI=1S/C24H31ClO2/c1-2-3-4-10-23(26)18-11-13-20(14-12-18)24-19(15-16-22(24)25)7-5-8-21-9-6-17-27-21/h6,9,11-14,17,19,23,26H,2-5,7-8,10,15-16H2,1H3/t19-,23?/m0/s1. The molecule has 3 heteroatoms. The fraction of sp³-hybridized carbons (Fsp3) is 0.500. The zero-order chi connectivity index (χ0) is 19.1. The first kappa shape index (κ1) is 20.2. The lowest BCUT2D eigenvalue weighted by molar-refractivity contribution is 0.163. The summed E-state index contributed by atoms with van der Waals surface area (Å²) in [5.41, 5.74) is 3.53. The molecule has 2 atom stereocenters. The Morgan fingerprint density at radius 2 is 1.96 bits per heavy atom. The zero-order valence-electron chi connectivity index (χ0n) is 16.3. The van der Waals surface area contributed by atoms with Gasteiger partial charge in [0.1, 0.15) is 5.76 Å². The van der Waals surface area contributed by atoms with Gasteiger partial charge in [0.05, 0.1) is 12.4 Å². The highest BCUT2D eigenvalue weighted by atomic mass is 35.5. The number of hydrogen-bond donors (Lipinski definition) is 1. The molecule has 2 nitrogen and oxygen atoms in total. The largest absolute Gasteiger partial charge is 0.469 e. The Hall–Kier alpha value is -1.51. The van der Waals surface area contributed by atoms with Crippen LogP contribution in [0.2, 0.25) is 0 Å². The fourth-order valence-electron chi connectivity index (χ4n) is 4.10. The number of benzene rings is 1. The first-order chi connectivity index (χ1) is 13.2.